The van der Waals surface area contributed by atoms with Crippen LogP contribution >= 0.6 is 0 Å². The number of halogens is 2. The molecule has 0 saturated heterocycles. The molecule has 3 heteroatoms. The average Bonchev–Trinajstić information content (AvgIpc) is 2.41. The lowest BCUT2D eigenvalue weighted by atomic mass is 10.00. The van der Waals surface area contributed by atoms with Crippen LogP contribution in [0, 0.1) is 25.5 Å². The molecular formula is C18H21F2N. The number of hydrogen-bond acceptors (Lipinski definition) is 1. The van der Waals surface area contributed by atoms with E-state index in [2.05, 4.69) is 31.3 Å². The van der Waals surface area contributed by atoms with Crippen molar-refractivity contribution < 1.29 is 8.78 Å². The third kappa shape index (κ3) is 3.48. The molecule has 0 aromatic heterocycles. The van der Waals surface area contributed by atoms with Crippen molar-refractivity contribution >= 4 is 0 Å². The molecule has 1 N–H and O–H groups in total. The van der Waals surface area contributed by atoms with Gasteiger partial charge in [-0.1, -0.05) is 24.3 Å². The first kappa shape index (κ1) is 15.6. The molecule has 0 saturated carbocycles. The molecule has 0 aliphatic carbocycles. The Balaban J connectivity index is 2.18. The maximum atomic E-state index is 13.8. The van der Waals surface area contributed by atoms with E-state index >= 15 is 0 Å². The zero-order valence-corrected chi connectivity index (χ0v) is 12.9. The molecule has 2 aromatic carbocycles. The molecule has 0 bridgehead atoms. The lowest BCUT2D eigenvalue weighted by molar-refractivity contribution is 0.449. The quantitative estimate of drug-likeness (QED) is 0.835. The van der Waals surface area contributed by atoms with Crippen molar-refractivity contribution in [3.63, 3.8) is 0 Å². The first-order valence-corrected chi connectivity index (χ1v) is 7.17. The second-order valence-corrected chi connectivity index (χ2v) is 5.59. The van der Waals surface area contributed by atoms with Gasteiger partial charge in [-0.15, -0.1) is 0 Å². The Bertz CT molecular complexity index is 617. The lowest BCUT2D eigenvalue weighted by Crippen LogP contribution is -2.24. The van der Waals surface area contributed by atoms with Crippen molar-refractivity contribution in [3.05, 3.63) is 70.3 Å². The maximum absolute atomic E-state index is 13.8. The minimum absolute atomic E-state index is 0.0123. The standard InChI is InChI=1S/C18H21F2N/c1-11-8-9-15(10-12(11)2)13(3)21-14(4)18-16(19)6-5-7-17(18)20/h5-10,13-14,21H,1-4H3. The minimum Gasteiger partial charge on any atom is -0.303 e. The fraction of sp³-hybridized carbons (Fsp3) is 0.333. The van der Waals surface area contributed by atoms with E-state index < -0.39 is 17.7 Å². The number of rotatable bonds is 4. The van der Waals surface area contributed by atoms with Gasteiger partial charge in [-0.05, 0) is 56.5 Å². The fourth-order valence-electron chi connectivity index (χ4n) is 2.51. The van der Waals surface area contributed by atoms with Crippen LogP contribution in [0.1, 0.15) is 48.2 Å². The minimum atomic E-state index is -0.512. The smallest absolute Gasteiger partial charge is 0.130 e. The highest BCUT2D eigenvalue weighted by atomic mass is 19.1. The summed E-state index contributed by atoms with van der Waals surface area (Å²) in [6, 6.07) is 9.79. The SMILES string of the molecule is Cc1ccc(C(C)NC(C)c2c(F)cccc2F)cc1C. The molecule has 2 aromatic rings. The van der Waals surface area contributed by atoms with Gasteiger partial charge in [0.2, 0.25) is 0 Å². The van der Waals surface area contributed by atoms with Crippen LogP contribution in [0.15, 0.2) is 36.4 Å². The Morgan fingerprint density at radius 3 is 2.05 bits per heavy atom. The number of nitrogens with one attached hydrogen (secondary N) is 1. The van der Waals surface area contributed by atoms with Gasteiger partial charge in [0.1, 0.15) is 11.6 Å². The van der Waals surface area contributed by atoms with Gasteiger partial charge in [0, 0.05) is 17.6 Å². The second-order valence-electron chi connectivity index (χ2n) is 5.59. The molecular weight excluding hydrogens is 268 g/mol. The molecule has 0 aliphatic heterocycles. The predicted molar refractivity (Wildman–Crippen MR) is 82.2 cm³/mol. The van der Waals surface area contributed by atoms with Crippen molar-refractivity contribution in [3.8, 4) is 0 Å². The molecule has 0 spiro atoms. The monoisotopic (exact) mass is 289 g/mol. The predicted octanol–water partition coefficient (Wildman–Crippen LogP) is 4.99. The van der Waals surface area contributed by atoms with Gasteiger partial charge < -0.3 is 5.32 Å². The van der Waals surface area contributed by atoms with Crippen molar-refractivity contribution in [2.75, 3.05) is 0 Å². The van der Waals surface area contributed by atoms with Gasteiger partial charge >= 0.3 is 0 Å². The molecule has 2 unspecified atom stereocenters. The second kappa shape index (κ2) is 6.35. The van der Waals surface area contributed by atoms with Gasteiger partial charge in [0.15, 0.2) is 0 Å². The summed E-state index contributed by atoms with van der Waals surface area (Å²) in [6.07, 6.45) is 0. The zero-order chi connectivity index (χ0) is 15.6. The summed E-state index contributed by atoms with van der Waals surface area (Å²) in [5.41, 5.74) is 3.65. The molecule has 0 amide bonds. The van der Waals surface area contributed by atoms with Crippen LogP contribution in [0.2, 0.25) is 0 Å². The van der Waals surface area contributed by atoms with Crippen molar-refractivity contribution in [1.82, 2.24) is 5.32 Å². The van der Waals surface area contributed by atoms with Crippen molar-refractivity contribution in [2.45, 2.75) is 39.8 Å². The van der Waals surface area contributed by atoms with Crippen LogP contribution in [0.25, 0.3) is 0 Å². The summed E-state index contributed by atoms with van der Waals surface area (Å²) in [5, 5.41) is 3.26. The lowest BCUT2D eigenvalue weighted by Gasteiger charge is -2.22. The molecule has 21 heavy (non-hydrogen) atoms. The maximum Gasteiger partial charge on any atom is 0.130 e. The Morgan fingerprint density at radius 1 is 0.857 bits per heavy atom. The summed E-state index contributed by atoms with van der Waals surface area (Å²) in [5.74, 6) is -1.02. The van der Waals surface area contributed by atoms with Crippen LogP contribution in [-0.2, 0) is 0 Å². The highest BCUT2D eigenvalue weighted by Gasteiger charge is 2.18. The molecule has 0 fully saturated rings. The molecule has 0 aliphatic rings. The van der Waals surface area contributed by atoms with E-state index in [1.807, 2.05) is 13.0 Å². The summed E-state index contributed by atoms with van der Waals surface area (Å²) in [7, 11) is 0. The van der Waals surface area contributed by atoms with Crippen molar-refractivity contribution in [1.29, 1.82) is 0 Å². The molecule has 2 atom stereocenters. The van der Waals surface area contributed by atoms with Crippen LogP contribution in [-0.4, -0.2) is 0 Å². The van der Waals surface area contributed by atoms with Crippen molar-refractivity contribution in [2.24, 2.45) is 0 Å². The Labute approximate surface area is 125 Å². The summed E-state index contributed by atoms with van der Waals surface area (Å²) in [6.45, 7) is 7.90. The van der Waals surface area contributed by atoms with Gasteiger partial charge in [-0.3, -0.25) is 0 Å². The summed E-state index contributed by atoms with van der Waals surface area (Å²) in [4.78, 5) is 0. The molecule has 0 radical (unpaired) electrons. The summed E-state index contributed by atoms with van der Waals surface area (Å²) < 4.78 is 27.6. The van der Waals surface area contributed by atoms with Gasteiger partial charge in [0.05, 0.1) is 0 Å². The Hall–Kier alpha value is -1.74. The summed E-state index contributed by atoms with van der Waals surface area (Å²) >= 11 is 0. The van der Waals surface area contributed by atoms with E-state index in [0.717, 1.165) is 5.56 Å². The van der Waals surface area contributed by atoms with Crippen LogP contribution in [0.5, 0.6) is 0 Å². The molecule has 2 rings (SSSR count). The number of benzene rings is 2. The van der Waals surface area contributed by atoms with E-state index in [9.17, 15) is 8.78 Å². The van der Waals surface area contributed by atoms with E-state index in [4.69, 9.17) is 0 Å². The molecule has 112 valence electrons. The van der Waals surface area contributed by atoms with E-state index in [0.29, 0.717) is 0 Å². The van der Waals surface area contributed by atoms with Gasteiger partial charge in [0.25, 0.3) is 0 Å². The average molecular weight is 289 g/mol. The first-order valence-electron chi connectivity index (χ1n) is 7.17. The third-order valence-electron chi connectivity index (χ3n) is 3.96. The van der Waals surface area contributed by atoms with Crippen LogP contribution in [0.4, 0.5) is 8.78 Å². The Morgan fingerprint density at radius 2 is 1.48 bits per heavy atom. The highest BCUT2D eigenvalue weighted by molar-refractivity contribution is 5.32. The fourth-order valence-corrected chi connectivity index (χ4v) is 2.51. The third-order valence-corrected chi connectivity index (χ3v) is 3.96. The zero-order valence-electron chi connectivity index (χ0n) is 12.9. The van der Waals surface area contributed by atoms with E-state index in [1.165, 1.54) is 29.3 Å². The van der Waals surface area contributed by atoms with Gasteiger partial charge in [-0.25, -0.2) is 8.78 Å². The number of hydrogen-bond donors (Lipinski definition) is 1. The first-order chi connectivity index (χ1) is 9.90. The normalized spacial score (nSPS) is 14.0. The molecule has 0 heterocycles. The topological polar surface area (TPSA) is 12.0 Å². The van der Waals surface area contributed by atoms with Gasteiger partial charge in [-0.2, -0.15) is 0 Å². The van der Waals surface area contributed by atoms with Crippen LogP contribution in [0.3, 0.4) is 0 Å². The molecule has 1 nitrogen and oxygen atoms in total. The van der Waals surface area contributed by atoms with E-state index in [-0.39, 0.29) is 11.6 Å². The van der Waals surface area contributed by atoms with Crippen LogP contribution < -0.4 is 5.32 Å². The number of aryl methyl sites for hydroxylation is 2. The highest BCUT2D eigenvalue weighted by Crippen LogP contribution is 2.24. The Kier molecular flexibility index (Phi) is 4.73. The van der Waals surface area contributed by atoms with E-state index in [1.54, 1.807) is 6.92 Å². The largest absolute Gasteiger partial charge is 0.303 e.